The molecule has 0 aromatic carbocycles. The maximum absolute atomic E-state index is 12.1. The molecule has 0 saturated heterocycles. The minimum Gasteiger partial charge on any atom is -0.296 e. The molecule has 0 saturated carbocycles. The molecule has 2 heterocycles. The van der Waals surface area contributed by atoms with Crippen molar-refractivity contribution in [1.82, 2.24) is 9.80 Å². The lowest BCUT2D eigenvalue weighted by molar-refractivity contribution is -0.147. The minimum atomic E-state index is -1.89. The lowest BCUT2D eigenvalue weighted by atomic mass is 9.99. The van der Waals surface area contributed by atoms with Gasteiger partial charge in [-0.3, -0.25) is 43.4 Å². The van der Waals surface area contributed by atoms with E-state index in [2.05, 4.69) is 12.6 Å². The maximum atomic E-state index is 12.1. The Morgan fingerprint density at radius 3 is 1.29 bits per heavy atom. The van der Waals surface area contributed by atoms with Crippen LogP contribution in [0.2, 0.25) is 0 Å². The summed E-state index contributed by atoms with van der Waals surface area (Å²) in [5.74, 6) is -6.95. The summed E-state index contributed by atoms with van der Waals surface area (Å²) < 4.78 is 0. The summed E-state index contributed by atoms with van der Waals surface area (Å²) in [5, 5.41) is -1.11. The topological polar surface area (TPSA) is 126 Å². The minimum absolute atomic E-state index is 0.563. The SMILES string of the molecule is O=C(S)C(C(=O)CN1C(=O)C=CC1=O)C(=O)CN1C(=O)C=CC1=O. The van der Waals surface area contributed by atoms with Crippen molar-refractivity contribution in [2.75, 3.05) is 13.1 Å². The molecule has 0 radical (unpaired) electrons. The second-order valence-corrected chi connectivity index (χ2v) is 5.34. The highest BCUT2D eigenvalue weighted by Crippen LogP contribution is 2.13. The highest BCUT2D eigenvalue weighted by molar-refractivity contribution is 7.96. The number of imide groups is 2. The Labute approximate surface area is 140 Å². The Morgan fingerprint density at radius 2 is 1.04 bits per heavy atom. The van der Waals surface area contributed by atoms with Gasteiger partial charge in [0.2, 0.25) is 5.12 Å². The lowest BCUT2D eigenvalue weighted by Gasteiger charge is -2.19. The molecule has 0 atom stereocenters. The first-order valence-corrected chi connectivity index (χ1v) is 7.02. The molecule has 2 aliphatic rings. The van der Waals surface area contributed by atoms with Gasteiger partial charge in [-0.15, -0.1) is 12.6 Å². The van der Waals surface area contributed by atoms with Crippen LogP contribution in [0.25, 0.3) is 0 Å². The van der Waals surface area contributed by atoms with E-state index in [9.17, 15) is 33.6 Å². The summed E-state index contributed by atoms with van der Waals surface area (Å²) in [7, 11) is 0. The fourth-order valence-electron chi connectivity index (χ4n) is 2.12. The molecule has 0 N–H and O–H groups in total. The van der Waals surface area contributed by atoms with E-state index >= 15 is 0 Å². The van der Waals surface area contributed by atoms with Crippen LogP contribution in [0.1, 0.15) is 0 Å². The third kappa shape index (κ3) is 3.38. The zero-order valence-electron chi connectivity index (χ0n) is 12.0. The van der Waals surface area contributed by atoms with Crippen molar-refractivity contribution in [3.8, 4) is 0 Å². The first kappa shape index (κ1) is 17.5. The zero-order chi connectivity index (χ0) is 18.0. The monoisotopic (exact) mass is 350 g/mol. The molecule has 0 aromatic rings. The van der Waals surface area contributed by atoms with Gasteiger partial charge in [0.25, 0.3) is 23.6 Å². The van der Waals surface area contributed by atoms with Crippen molar-refractivity contribution in [1.29, 1.82) is 0 Å². The summed E-state index contributed by atoms with van der Waals surface area (Å²) in [4.78, 5) is 82.6. The number of carbonyl (C=O) groups excluding carboxylic acids is 7. The predicted molar refractivity (Wildman–Crippen MR) is 79.2 cm³/mol. The van der Waals surface area contributed by atoms with E-state index < -0.39 is 59.3 Å². The number of carbonyl (C=O) groups is 7. The molecule has 24 heavy (non-hydrogen) atoms. The molecule has 0 bridgehead atoms. The lowest BCUT2D eigenvalue weighted by Crippen LogP contribution is -2.45. The standard InChI is InChI=1S/C14H10N2O7S/c17-7(5-15-9(19)1-2-10(15)20)13(14(23)24)8(18)6-16-11(21)3-4-12(16)22/h1-4,13H,5-6H2,(H,23,24). The molecular formula is C14H10N2O7S. The van der Waals surface area contributed by atoms with Gasteiger partial charge in [-0.2, -0.15) is 0 Å². The molecule has 9 nitrogen and oxygen atoms in total. The van der Waals surface area contributed by atoms with Gasteiger partial charge < -0.3 is 0 Å². The molecule has 0 unspecified atom stereocenters. The van der Waals surface area contributed by atoms with Gasteiger partial charge in [-0.05, 0) is 0 Å². The van der Waals surface area contributed by atoms with Gasteiger partial charge in [0.15, 0.2) is 11.6 Å². The number of hydrogen-bond acceptors (Lipinski definition) is 7. The van der Waals surface area contributed by atoms with Gasteiger partial charge in [0, 0.05) is 24.3 Å². The maximum Gasteiger partial charge on any atom is 0.254 e. The summed E-state index contributed by atoms with van der Waals surface area (Å²) in [5.41, 5.74) is 0. The second-order valence-electron chi connectivity index (χ2n) is 4.90. The molecule has 10 heteroatoms. The van der Waals surface area contributed by atoms with Crippen molar-refractivity contribution in [2.24, 2.45) is 5.92 Å². The molecule has 4 amide bonds. The third-order valence-corrected chi connectivity index (χ3v) is 3.58. The van der Waals surface area contributed by atoms with E-state index in [1.54, 1.807) is 0 Å². The van der Waals surface area contributed by atoms with Gasteiger partial charge >= 0.3 is 0 Å². The molecule has 0 aliphatic carbocycles. The predicted octanol–water partition coefficient (Wildman–Crippen LogP) is -1.95. The van der Waals surface area contributed by atoms with Crippen LogP contribution in [0, 0.1) is 5.92 Å². The first-order chi connectivity index (χ1) is 11.2. The number of rotatable bonds is 7. The van der Waals surface area contributed by atoms with Crippen LogP contribution in [0.15, 0.2) is 24.3 Å². The van der Waals surface area contributed by atoms with E-state index in [4.69, 9.17) is 0 Å². The quantitative estimate of drug-likeness (QED) is 0.321. The van der Waals surface area contributed by atoms with E-state index in [1.165, 1.54) is 0 Å². The second kappa shape index (κ2) is 6.71. The van der Waals surface area contributed by atoms with Crippen LogP contribution < -0.4 is 0 Å². The summed E-state index contributed by atoms with van der Waals surface area (Å²) in [6.07, 6.45) is 3.79. The van der Waals surface area contributed by atoms with Gasteiger partial charge in [-0.1, -0.05) is 0 Å². The van der Waals surface area contributed by atoms with Crippen LogP contribution in [0.3, 0.4) is 0 Å². The van der Waals surface area contributed by atoms with Crippen LogP contribution in [-0.4, -0.2) is 63.2 Å². The molecule has 0 aromatic heterocycles. The van der Waals surface area contributed by atoms with E-state index in [0.717, 1.165) is 24.3 Å². The number of hydrogen-bond donors (Lipinski definition) is 1. The normalized spacial score (nSPS) is 16.8. The Hall–Kier alpha value is -2.88. The van der Waals surface area contributed by atoms with Crippen LogP contribution in [0.5, 0.6) is 0 Å². The fourth-order valence-corrected chi connectivity index (χ4v) is 2.41. The van der Waals surface area contributed by atoms with Gasteiger partial charge in [0.05, 0.1) is 13.1 Å². The Kier molecular flexibility index (Phi) is 4.88. The van der Waals surface area contributed by atoms with Crippen molar-refractivity contribution in [2.45, 2.75) is 0 Å². The molecule has 2 rings (SSSR count). The highest BCUT2D eigenvalue weighted by atomic mass is 32.1. The molecule has 124 valence electrons. The molecule has 2 aliphatic heterocycles. The van der Waals surface area contributed by atoms with E-state index in [0.29, 0.717) is 9.80 Å². The number of amides is 4. The summed E-state index contributed by atoms with van der Waals surface area (Å²) >= 11 is 3.47. The first-order valence-electron chi connectivity index (χ1n) is 6.57. The van der Waals surface area contributed by atoms with Crippen LogP contribution in [-0.2, 0) is 33.6 Å². The highest BCUT2D eigenvalue weighted by Gasteiger charge is 2.38. The van der Waals surface area contributed by atoms with Gasteiger partial charge in [0.1, 0.15) is 5.92 Å². The average molecular weight is 350 g/mol. The van der Waals surface area contributed by atoms with Crippen LogP contribution >= 0.6 is 12.6 Å². The number of thiol groups is 1. The number of nitrogens with zero attached hydrogens (tertiary/aromatic N) is 2. The van der Waals surface area contributed by atoms with Gasteiger partial charge in [-0.25, -0.2) is 0 Å². The van der Waals surface area contributed by atoms with Crippen molar-refractivity contribution < 1.29 is 33.6 Å². The number of ketones is 2. The van der Waals surface area contributed by atoms with E-state index in [-0.39, 0.29) is 0 Å². The Balaban J connectivity index is 2.09. The Bertz CT molecular complexity index is 660. The largest absolute Gasteiger partial charge is 0.296 e. The molecule has 0 spiro atoms. The average Bonchev–Trinajstić information content (AvgIpc) is 2.97. The third-order valence-electron chi connectivity index (χ3n) is 3.32. The summed E-state index contributed by atoms with van der Waals surface area (Å²) in [6.45, 7) is -1.57. The smallest absolute Gasteiger partial charge is 0.254 e. The number of Topliss-reactive ketones (excluding diaryl/α,β-unsaturated/α-hetero) is 2. The van der Waals surface area contributed by atoms with Crippen molar-refractivity contribution >= 4 is 52.9 Å². The Morgan fingerprint density at radius 1 is 0.750 bits per heavy atom. The summed E-state index contributed by atoms with van der Waals surface area (Å²) in [6, 6.07) is 0. The molecule has 0 fully saturated rings. The van der Waals surface area contributed by atoms with E-state index in [1.807, 2.05) is 0 Å². The van der Waals surface area contributed by atoms with Crippen molar-refractivity contribution in [3.63, 3.8) is 0 Å². The van der Waals surface area contributed by atoms with Crippen molar-refractivity contribution in [3.05, 3.63) is 24.3 Å². The van der Waals surface area contributed by atoms with Crippen LogP contribution in [0.4, 0.5) is 0 Å². The molecular weight excluding hydrogens is 340 g/mol. The zero-order valence-corrected chi connectivity index (χ0v) is 12.9. The fraction of sp³-hybridized carbons (Fsp3) is 0.214.